The van der Waals surface area contributed by atoms with Crippen molar-refractivity contribution >= 4 is 51.4 Å². The predicted octanol–water partition coefficient (Wildman–Crippen LogP) is 4.10. The van der Waals surface area contributed by atoms with E-state index in [-0.39, 0.29) is 24.0 Å². The Balaban J connectivity index is 0.00000300. The van der Waals surface area contributed by atoms with Crippen LogP contribution in [0.4, 0.5) is 0 Å². The van der Waals surface area contributed by atoms with E-state index in [2.05, 4.69) is 39.7 Å². The predicted molar refractivity (Wildman–Crippen MR) is 130 cm³/mol. The Bertz CT molecular complexity index is 881. The van der Waals surface area contributed by atoms with E-state index in [4.69, 9.17) is 4.74 Å². The summed E-state index contributed by atoms with van der Waals surface area (Å²) >= 11 is 1.61. The second kappa shape index (κ2) is 11.9. The van der Waals surface area contributed by atoms with Crippen LogP contribution in [-0.2, 0) is 6.54 Å². The first-order valence-electron chi connectivity index (χ1n) is 9.38. The van der Waals surface area contributed by atoms with Crippen molar-refractivity contribution in [1.82, 2.24) is 15.6 Å². The fraction of sp³-hybridized carbons (Fsp3) is 0.333. The number of aromatic nitrogens is 1. The summed E-state index contributed by atoms with van der Waals surface area (Å²) in [4.78, 5) is 9.45. The monoisotopic (exact) mass is 526 g/mol. The van der Waals surface area contributed by atoms with Crippen LogP contribution in [0.2, 0.25) is 0 Å². The van der Waals surface area contributed by atoms with E-state index in [0.717, 1.165) is 22.2 Å². The molecule has 0 saturated carbocycles. The van der Waals surface area contributed by atoms with Gasteiger partial charge in [-0.15, -0.1) is 35.3 Å². The Hall–Kier alpha value is -1.91. The van der Waals surface area contributed by atoms with Gasteiger partial charge in [0.25, 0.3) is 0 Å². The Morgan fingerprint density at radius 3 is 2.76 bits per heavy atom. The van der Waals surface area contributed by atoms with Crippen LogP contribution >= 0.6 is 35.3 Å². The third kappa shape index (κ3) is 6.83. The maximum absolute atomic E-state index is 10.5. The first-order chi connectivity index (χ1) is 13.7. The molecule has 2 heterocycles. The number of pyridine rings is 1. The van der Waals surface area contributed by atoms with Gasteiger partial charge in [0.2, 0.25) is 5.88 Å². The number of thiophene rings is 1. The van der Waals surface area contributed by atoms with E-state index in [1.807, 2.05) is 30.3 Å². The number of hydrogen-bond acceptors (Lipinski definition) is 5. The molecular weight excluding hydrogens is 499 g/mol. The summed E-state index contributed by atoms with van der Waals surface area (Å²) in [5.41, 5.74) is 1.02. The van der Waals surface area contributed by atoms with Gasteiger partial charge >= 0.3 is 0 Å². The smallest absolute Gasteiger partial charge is 0.213 e. The Morgan fingerprint density at radius 2 is 2.07 bits per heavy atom. The SMILES string of the molecule is CCCOc1ccc(CNC(=NC)NCC(O)c2cc3ccccc3s2)cn1.I. The number of halogens is 1. The minimum Gasteiger partial charge on any atom is -0.478 e. The molecule has 1 atom stereocenters. The molecule has 0 aliphatic heterocycles. The number of aliphatic hydroxyl groups is 1. The maximum atomic E-state index is 10.5. The number of nitrogens with one attached hydrogen (secondary N) is 2. The van der Waals surface area contributed by atoms with E-state index in [1.165, 1.54) is 4.70 Å². The Labute approximate surface area is 192 Å². The number of nitrogens with zero attached hydrogens (tertiary/aromatic N) is 2. The van der Waals surface area contributed by atoms with Gasteiger partial charge in [-0.25, -0.2) is 4.98 Å². The first-order valence-corrected chi connectivity index (χ1v) is 10.2. The van der Waals surface area contributed by atoms with Gasteiger partial charge in [-0.05, 0) is 29.5 Å². The number of guanidine groups is 1. The number of ether oxygens (including phenoxy) is 1. The molecule has 156 valence electrons. The fourth-order valence-electron chi connectivity index (χ4n) is 2.67. The molecule has 29 heavy (non-hydrogen) atoms. The van der Waals surface area contributed by atoms with Crippen molar-refractivity contribution in [3.63, 3.8) is 0 Å². The third-order valence-electron chi connectivity index (χ3n) is 4.17. The van der Waals surface area contributed by atoms with Gasteiger partial charge in [0.05, 0.1) is 6.61 Å². The summed E-state index contributed by atoms with van der Waals surface area (Å²) in [6.07, 6.45) is 2.16. The van der Waals surface area contributed by atoms with Crippen LogP contribution in [0.15, 0.2) is 53.7 Å². The summed E-state index contributed by atoms with van der Waals surface area (Å²) in [5.74, 6) is 1.27. The molecule has 1 aromatic carbocycles. The average Bonchev–Trinajstić information content (AvgIpc) is 3.17. The molecule has 6 nitrogen and oxygen atoms in total. The van der Waals surface area contributed by atoms with Gasteiger partial charge in [0.15, 0.2) is 5.96 Å². The number of rotatable bonds is 8. The second-order valence-corrected chi connectivity index (χ2v) is 7.48. The van der Waals surface area contributed by atoms with E-state index in [1.54, 1.807) is 24.6 Å². The molecule has 0 fully saturated rings. The minimum atomic E-state index is -0.590. The van der Waals surface area contributed by atoms with Crippen LogP contribution in [0.3, 0.4) is 0 Å². The molecule has 8 heteroatoms. The van der Waals surface area contributed by atoms with Crippen LogP contribution < -0.4 is 15.4 Å². The lowest BCUT2D eigenvalue weighted by atomic mass is 10.2. The van der Waals surface area contributed by atoms with Gasteiger partial charge in [-0.3, -0.25) is 4.99 Å². The van der Waals surface area contributed by atoms with E-state index >= 15 is 0 Å². The van der Waals surface area contributed by atoms with E-state index < -0.39 is 6.10 Å². The average molecular weight is 526 g/mol. The molecule has 2 aromatic heterocycles. The number of hydrogen-bond donors (Lipinski definition) is 3. The van der Waals surface area contributed by atoms with Crippen molar-refractivity contribution in [2.75, 3.05) is 20.2 Å². The molecule has 3 rings (SSSR count). The number of aliphatic imine (C=N–C) groups is 1. The number of benzene rings is 1. The van der Waals surface area contributed by atoms with Gasteiger partial charge < -0.3 is 20.5 Å². The van der Waals surface area contributed by atoms with Crippen LogP contribution in [0.1, 0.15) is 29.9 Å². The molecule has 0 amide bonds. The maximum Gasteiger partial charge on any atom is 0.213 e. The molecule has 1 unspecified atom stereocenters. The highest BCUT2D eigenvalue weighted by molar-refractivity contribution is 14.0. The zero-order valence-electron chi connectivity index (χ0n) is 16.6. The summed E-state index contributed by atoms with van der Waals surface area (Å²) < 4.78 is 6.67. The summed E-state index contributed by atoms with van der Waals surface area (Å²) in [7, 11) is 1.71. The highest BCUT2D eigenvalue weighted by Crippen LogP contribution is 2.29. The zero-order chi connectivity index (χ0) is 19.8. The third-order valence-corrected chi connectivity index (χ3v) is 5.39. The molecule has 0 aliphatic rings. The zero-order valence-corrected chi connectivity index (χ0v) is 19.7. The van der Waals surface area contributed by atoms with Crippen molar-refractivity contribution < 1.29 is 9.84 Å². The van der Waals surface area contributed by atoms with Crippen molar-refractivity contribution in [1.29, 1.82) is 0 Å². The van der Waals surface area contributed by atoms with E-state index in [9.17, 15) is 5.11 Å². The van der Waals surface area contributed by atoms with Crippen molar-refractivity contribution in [2.24, 2.45) is 4.99 Å². The van der Waals surface area contributed by atoms with Gasteiger partial charge in [-0.1, -0.05) is 31.2 Å². The van der Waals surface area contributed by atoms with Gasteiger partial charge in [0.1, 0.15) is 6.10 Å². The normalized spacial score (nSPS) is 12.3. The quantitative estimate of drug-likeness (QED) is 0.234. The molecule has 0 bridgehead atoms. The summed E-state index contributed by atoms with van der Waals surface area (Å²) in [6, 6.07) is 14.0. The van der Waals surface area contributed by atoms with E-state index in [0.29, 0.717) is 31.5 Å². The van der Waals surface area contributed by atoms with Crippen LogP contribution in [0.25, 0.3) is 10.1 Å². The lowest BCUT2D eigenvalue weighted by molar-refractivity contribution is 0.184. The first kappa shape index (κ1) is 23.4. The van der Waals surface area contributed by atoms with Crippen molar-refractivity contribution in [3.05, 3.63) is 59.1 Å². The molecular formula is C21H27IN4O2S. The van der Waals surface area contributed by atoms with Crippen molar-refractivity contribution in [2.45, 2.75) is 26.0 Å². The van der Waals surface area contributed by atoms with Crippen LogP contribution in [0.5, 0.6) is 5.88 Å². The summed E-state index contributed by atoms with van der Waals surface area (Å²) in [5, 5.41) is 18.1. The molecule has 3 N–H and O–H groups in total. The van der Waals surface area contributed by atoms with Crippen molar-refractivity contribution in [3.8, 4) is 5.88 Å². The fourth-order valence-corrected chi connectivity index (χ4v) is 3.73. The highest BCUT2D eigenvalue weighted by Gasteiger charge is 2.12. The molecule has 0 saturated heterocycles. The lowest BCUT2D eigenvalue weighted by Crippen LogP contribution is -2.38. The Morgan fingerprint density at radius 1 is 1.24 bits per heavy atom. The second-order valence-electron chi connectivity index (χ2n) is 6.36. The summed E-state index contributed by atoms with van der Waals surface area (Å²) in [6.45, 7) is 3.70. The Kier molecular flexibility index (Phi) is 9.62. The topological polar surface area (TPSA) is 78.8 Å². The van der Waals surface area contributed by atoms with Gasteiger partial charge in [0, 0.05) is 42.0 Å². The lowest BCUT2D eigenvalue weighted by Gasteiger charge is -2.14. The standard InChI is InChI=1S/C21H26N4O2S.HI/c1-3-10-27-20-9-8-15(12-23-20)13-24-21(22-2)25-14-17(26)19-11-16-6-4-5-7-18(16)28-19;/h4-9,11-12,17,26H,3,10,13-14H2,1-2H3,(H2,22,24,25);1H. The largest absolute Gasteiger partial charge is 0.478 e. The van der Waals surface area contributed by atoms with Gasteiger partial charge in [-0.2, -0.15) is 0 Å². The molecule has 0 radical (unpaired) electrons. The minimum absolute atomic E-state index is 0. The molecule has 0 spiro atoms. The number of aliphatic hydroxyl groups excluding tert-OH is 1. The molecule has 3 aromatic rings. The van der Waals surface area contributed by atoms with Crippen LogP contribution in [-0.4, -0.2) is 36.2 Å². The highest BCUT2D eigenvalue weighted by atomic mass is 127. The van der Waals surface area contributed by atoms with Crippen LogP contribution in [0, 0.1) is 0 Å². The number of fused-ring (bicyclic) bond motifs is 1. The molecule has 0 aliphatic carbocycles.